The maximum absolute atomic E-state index is 11.9. The molecule has 0 amide bonds. The molecule has 0 radical (unpaired) electrons. The number of rotatable bonds is 0. The predicted octanol–water partition coefficient (Wildman–Crippen LogP) is -0.107. The Morgan fingerprint density at radius 2 is 2.50 bits per heavy atom. The van der Waals surface area contributed by atoms with Gasteiger partial charge in [-0.3, -0.25) is 4.79 Å². The molecule has 8 heavy (non-hydrogen) atoms. The Hall–Kier alpha value is -0.450. The zero-order chi connectivity index (χ0) is 6.15. The van der Waals surface area contributed by atoms with Crippen molar-refractivity contribution in [3.8, 4) is 0 Å². The standard InChI is InChI=1S/C3H3FO3S/c4-2-1-3(5)7-8(2)6/h2H,1H2. The van der Waals surface area contributed by atoms with E-state index in [9.17, 15) is 13.4 Å². The average Bonchev–Trinajstić information content (AvgIpc) is 1.85. The van der Waals surface area contributed by atoms with Crippen LogP contribution in [0, 0.1) is 0 Å². The number of hydrogen-bond donors (Lipinski definition) is 0. The van der Waals surface area contributed by atoms with Crippen LogP contribution in [-0.2, 0) is 20.1 Å². The van der Waals surface area contributed by atoms with Crippen LogP contribution in [0.4, 0.5) is 4.39 Å². The molecule has 1 rings (SSSR count). The largest absolute Gasteiger partial charge is 0.362 e. The number of alkyl halides is 1. The number of hydrogen-bond acceptors (Lipinski definition) is 3. The van der Waals surface area contributed by atoms with Gasteiger partial charge in [0, 0.05) is 0 Å². The first-order valence-electron chi connectivity index (χ1n) is 1.96. The van der Waals surface area contributed by atoms with E-state index in [4.69, 9.17) is 0 Å². The molecule has 2 unspecified atom stereocenters. The Morgan fingerprint density at radius 3 is 2.62 bits per heavy atom. The molecule has 1 aliphatic rings. The summed E-state index contributed by atoms with van der Waals surface area (Å²) in [7, 11) is 0. The fraction of sp³-hybridized carbons (Fsp3) is 0.667. The van der Waals surface area contributed by atoms with E-state index in [2.05, 4.69) is 4.18 Å². The molecule has 5 heteroatoms. The monoisotopic (exact) mass is 138 g/mol. The van der Waals surface area contributed by atoms with Gasteiger partial charge >= 0.3 is 5.97 Å². The second kappa shape index (κ2) is 1.81. The summed E-state index contributed by atoms with van der Waals surface area (Å²) in [6.07, 6.45) is -0.368. The van der Waals surface area contributed by atoms with Crippen LogP contribution < -0.4 is 0 Å². The van der Waals surface area contributed by atoms with Crippen LogP contribution in [-0.4, -0.2) is 15.7 Å². The van der Waals surface area contributed by atoms with Crippen LogP contribution in [0.25, 0.3) is 0 Å². The van der Waals surface area contributed by atoms with Crippen molar-refractivity contribution in [3.63, 3.8) is 0 Å². The fourth-order valence-electron chi connectivity index (χ4n) is 0.377. The molecule has 1 fully saturated rings. The van der Waals surface area contributed by atoms with Gasteiger partial charge in [-0.2, -0.15) is 0 Å². The second-order valence-electron chi connectivity index (χ2n) is 1.33. The molecule has 0 aliphatic carbocycles. The third-order valence-electron chi connectivity index (χ3n) is 0.711. The third kappa shape index (κ3) is 0.861. The topological polar surface area (TPSA) is 43.4 Å². The normalized spacial score (nSPS) is 37.4. The number of halogens is 1. The molecular formula is C3H3FO3S. The van der Waals surface area contributed by atoms with Gasteiger partial charge in [-0.05, 0) is 0 Å². The van der Waals surface area contributed by atoms with Gasteiger partial charge in [-0.1, -0.05) is 0 Å². The molecule has 3 nitrogen and oxygen atoms in total. The molecule has 0 bridgehead atoms. The van der Waals surface area contributed by atoms with Crippen LogP contribution in [0.3, 0.4) is 0 Å². The second-order valence-corrected chi connectivity index (χ2v) is 2.53. The lowest BCUT2D eigenvalue weighted by Gasteiger charge is -1.84. The zero-order valence-corrected chi connectivity index (χ0v) is 4.61. The Morgan fingerprint density at radius 1 is 1.88 bits per heavy atom. The van der Waals surface area contributed by atoms with Crippen molar-refractivity contribution < 1.29 is 17.6 Å². The van der Waals surface area contributed by atoms with E-state index >= 15 is 0 Å². The van der Waals surface area contributed by atoms with Crippen molar-refractivity contribution in [2.24, 2.45) is 0 Å². The maximum Gasteiger partial charge on any atom is 0.324 e. The van der Waals surface area contributed by atoms with Gasteiger partial charge in [0.25, 0.3) is 0 Å². The molecule has 1 saturated heterocycles. The summed E-state index contributed by atoms with van der Waals surface area (Å²) in [5.74, 6) is -0.726. The minimum absolute atomic E-state index is 0.368. The first-order chi connectivity index (χ1) is 3.70. The van der Waals surface area contributed by atoms with Gasteiger partial charge in [-0.25, -0.2) is 8.60 Å². The van der Waals surface area contributed by atoms with E-state index in [1.165, 1.54) is 0 Å². The highest BCUT2D eigenvalue weighted by molar-refractivity contribution is 7.81. The summed E-state index contributed by atoms with van der Waals surface area (Å²) in [5.41, 5.74) is -1.61. The molecule has 1 aliphatic heterocycles. The molecular weight excluding hydrogens is 135 g/mol. The smallest absolute Gasteiger partial charge is 0.324 e. The van der Waals surface area contributed by atoms with E-state index in [1.54, 1.807) is 0 Å². The van der Waals surface area contributed by atoms with E-state index in [1.807, 2.05) is 0 Å². The maximum atomic E-state index is 11.9. The predicted molar refractivity (Wildman–Crippen MR) is 23.7 cm³/mol. The molecule has 0 spiro atoms. The Bertz CT molecular complexity index is 145. The average molecular weight is 138 g/mol. The van der Waals surface area contributed by atoms with Crippen molar-refractivity contribution >= 4 is 17.0 Å². The molecule has 2 atom stereocenters. The van der Waals surface area contributed by atoms with Crippen molar-refractivity contribution in [1.82, 2.24) is 0 Å². The van der Waals surface area contributed by atoms with E-state index in [0.29, 0.717) is 0 Å². The lowest BCUT2D eigenvalue weighted by Crippen LogP contribution is -1.97. The highest BCUT2D eigenvalue weighted by Gasteiger charge is 2.31. The van der Waals surface area contributed by atoms with Crippen LogP contribution in [0.5, 0.6) is 0 Å². The lowest BCUT2D eigenvalue weighted by atomic mass is 10.5. The summed E-state index contributed by atoms with van der Waals surface area (Å²) >= 11 is -2.01. The first-order valence-corrected chi connectivity index (χ1v) is 3.10. The molecule has 0 aromatic carbocycles. The number of carbonyl (C=O) groups is 1. The van der Waals surface area contributed by atoms with Crippen LogP contribution in [0.1, 0.15) is 6.42 Å². The molecule has 0 aromatic rings. The highest BCUT2D eigenvalue weighted by Crippen LogP contribution is 2.14. The van der Waals surface area contributed by atoms with Gasteiger partial charge in [0.1, 0.15) is 0 Å². The third-order valence-corrected chi connectivity index (χ3v) is 1.65. The Kier molecular flexibility index (Phi) is 1.29. The minimum atomic E-state index is -2.01. The summed E-state index contributed by atoms with van der Waals surface area (Å²) in [5, 5.41) is 0. The van der Waals surface area contributed by atoms with Crippen molar-refractivity contribution in [3.05, 3.63) is 0 Å². The van der Waals surface area contributed by atoms with E-state index in [0.717, 1.165) is 0 Å². The van der Waals surface area contributed by atoms with Gasteiger partial charge in [0.05, 0.1) is 6.42 Å². The van der Waals surface area contributed by atoms with Gasteiger partial charge in [0.15, 0.2) is 0 Å². The molecule has 46 valence electrons. The van der Waals surface area contributed by atoms with Crippen LogP contribution in [0.2, 0.25) is 0 Å². The van der Waals surface area contributed by atoms with Crippen LogP contribution in [0.15, 0.2) is 0 Å². The quantitative estimate of drug-likeness (QED) is 0.469. The summed E-state index contributed by atoms with van der Waals surface area (Å²) in [6, 6.07) is 0. The molecule has 0 aromatic heterocycles. The minimum Gasteiger partial charge on any atom is -0.362 e. The zero-order valence-electron chi connectivity index (χ0n) is 3.80. The van der Waals surface area contributed by atoms with Gasteiger partial charge in [-0.15, -0.1) is 0 Å². The molecule has 0 saturated carbocycles. The van der Waals surface area contributed by atoms with Crippen molar-refractivity contribution in [2.75, 3.05) is 0 Å². The van der Waals surface area contributed by atoms with Gasteiger partial charge < -0.3 is 4.18 Å². The van der Waals surface area contributed by atoms with E-state index < -0.39 is 22.6 Å². The van der Waals surface area contributed by atoms with Crippen molar-refractivity contribution in [1.29, 1.82) is 0 Å². The van der Waals surface area contributed by atoms with Gasteiger partial charge in [0.2, 0.25) is 16.6 Å². The Labute approximate surface area is 47.5 Å². The first kappa shape index (κ1) is 5.68. The van der Waals surface area contributed by atoms with Crippen molar-refractivity contribution in [2.45, 2.75) is 11.9 Å². The SMILES string of the molecule is O=C1CC(F)S(=O)O1. The summed E-state index contributed by atoms with van der Waals surface area (Å²) in [4.78, 5) is 10.0. The summed E-state index contributed by atoms with van der Waals surface area (Å²) in [6.45, 7) is 0. The highest BCUT2D eigenvalue weighted by atomic mass is 32.2. The van der Waals surface area contributed by atoms with Crippen LogP contribution >= 0.6 is 0 Å². The molecule has 0 N–H and O–H groups in total. The number of carbonyl (C=O) groups excluding carboxylic acids is 1. The summed E-state index contributed by atoms with van der Waals surface area (Å²) < 4.78 is 25.9. The lowest BCUT2D eigenvalue weighted by molar-refractivity contribution is -0.132. The van der Waals surface area contributed by atoms with E-state index in [-0.39, 0.29) is 6.42 Å². The molecule has 1 heterocycles. The Balaban J connectivity index is 2.64. The fourth-order valence-corrected chi connectivity index (χ4v) is 1.00.